The lowest BCUT2D eigenvalue weighted by atomic mass is 10.2. The predicted molar refractivity (Wildman–Crippen MR) is 152 cm³/mol. The molecule has 1 aliphatic heterocycles. The molecule has 0 aliphatic carbocycles. The van der Waals surface area contributed by atoms with Crippen LogP contribution in [-0.4, -0.2) is 54.9 Å². The second-order valence-corrected chi connectivity index (χ2v) is 10.2. The van der Waals surface area contributed by atoms with Crippen molar-refractivity contribution in [1.82, 2.24) is 23.6 Å². The van der Waals surface area contributed by atoms with Gasteiger partial charge in [-0.05, 0) is 60.6 Å². The lowest BCUT2D eigenvalue weighted by Gasteiger charge is -2.37. The van der Waals surface area contributed by atoms with Crippen LogP contribution in [0.3, 0.4) is 0 Å². The largest absolute Gasteiger partial charge is 0.345 e. The van der Waals surface area contributed by atoms with Gasteiger partial charge in [0.05, 0.1) is 6.54 Å². The van der Waals surface area contributed by atoms with Gasteiger partial charge < -0.3 is 15.1 Å². The third kappa shape index (κ3) is 4.79. The van der Waals surface area contributed by atoms with Crippen LogP contribution in [0, 0.1) is 12.7 Å². The van der Waals surface area contributed by atoms with E-state index in [0.29, 0.717) is 60.0 Å². The molecule has 2 aromatic heterocycles. The SMILES string of the molecule is Cc1cc(Cl)ccc1NC(=S)N1CCN(c2nc3c(c(=O)n(C)c(=O)n3C)n2Cc2ccc(F)cc2)CC1. The minimum atomic E-state index is -0.445. The van der Waals surface area contributed by atoms with Gasteiger partial charge in [0.15, 0.2) is 16.3 Å². The summed E-state index contributed by atoms with van der Waals surface area (Å²) in [7, 11) is 3.05. The summed E-state index contributed by atoms with van der Waals surface area (Å²) in [5, 5.41) is 4.59. The molecule has 3 heterocycles. The van der Waals surface area contributed by atoms with Gasteiger partial charge in [-0.1, -0.05) is 23.7 Å². The summed E-state index contributed by atoms with van der Waals surface area (Å²) in [5.74, 6) is 0.243. The quantitative estimate of drug-likeness (QED) is 0.388. The lowest BCUT2D eigenvalue weighted by Crippen LogP contribution is -2.50. The third-order valence-corrected chi connectivity index (χ3v) is 7.46. The topological polar surface area (TPSA) is 80.3 Å². The molecule has 5 rings (SSSR count). The van der Waals surface area contributed by atoms with Gasteiger partial charge in [-0.25, -0.2) is 9.18 Å². The molecular weight excluding hydrogens is 529 g/mol. The summed E-state index contributed by atoms with van der Waals surface area (Å²) in [6, 6.07) is 11.7. The molecule has 1 aliphatic rings. The van der Waals surface area contributed by atoms with Gasteiger partial charge in [0.25, 0.3) is 5.56 Å². The standard InChI is InChI=1S/C26H27ClFN7O2S/c1-16-14-18(27)6-9-20(16)29-25(38)34-12-10-33(11-13-34)24-30-22-21(23(36)32(3)26(37)31(22)2)35(24)15-17-4-7-19(28)8-5-17/h4-9,14H,10-13,15H2,1-3H3,(H,29,38). The van der Waals surface area contributed by atoms with E-state index in [1.54, 1.807) is 19.2 Å². The molecule has 38 heavy (non-hydrogen) atoms. The number of anilines is 2. The van der Waals surface area contributed by atoms with E-state index in [1.165, 1.54) is 23.7 Å². The van der Waals surface area contributed by atoms with Crippen LogP contribution in [0.1, 0.15) is 11.1 Å². The highest BCUT2D eigenvalue weighted by Crippen LogP contribution is 2.24. The summed E-state index contributed by atoms with van der Waals surface area (Å²) >= 11 is 11.7. The first-order valence-corrected chi connectivity index (χ1v) is 12.9. The molecule has 1 N–H and O–H groups in total. The molecule has 0 atom stereocenters. The zero-order valence-electron chi connectivity index (χ0n) is 21.2. The Morgan fingerprint density at radius 2 is 1.74 bits per heavy atom. The summed E-state index contributed by atoms with van der Waals surface area (Å²) < 4.78 is 17.8. The van der Waals surface area contributed by atoms with Crippen LogP contribution in [0.15, 0.2) is 52.1 Å². The number of thiocarbonyl (C=S) groups is 1. The number of imidazole rings is 1. The second kappa shape index (κ2) is 10.2. The fourth-order valence-electron chi connectivity index (χ4n) is 4.67. The van der Waals surface area contributed by atoms with Gasteiger partial charge in [0.1, 0.15) is 5.82 Å². The number of rotatable bonds is 4. The fraction of sp³-hybridized carbons (Fsp3) is 0.308. The van der Waals surface area contributed by atoms with Crippen molar-refractivity contribution in [2.24, 2.45) is 14.1 Å². The number of benzene rings is 2. The Morgan fingerprint density at radius 1 is 1.05 bits per heavy atom. The molecule has 1 saturated heterocycles. The molecule has 0 amide bonds. The van der Waals surface area contributed by atoms with Crippen LogP contribution >= 0.6 is 23.8 Å². The summed E-state index contributed by atoms with van der Waals surface area (Å²) in [5.41, 5.74) is 2.48. The van der Waals surface area contributed by atoms with E-state index in [4.69, 9.17) is 28.8 Å². The van der Waals surface area contributed by atoms with Gasteiger partial charge in [0, 0.05) is 51.0 Å². The summed E-state index contributed by atoms with van der Waals surface area (Å²) in [6.07, 6.45) is 0. The van der Waals surface area contributed by atoms with E-state index in [9.17, 15) is 14.0 Å². The molecule has 198 valence electrons. The average molecular weight is 556 g/mol. The first kappa shape index (κ1) is 25.9. The number of fused-ring (bicyclic) bond motifs is 1. The van der Waals surface area contributed by atoms with E-state index < -0.39 is 11.2 Å². The highest BCUT2D eigenvalue weighted by Gasteiger charge is 2.26. The Kier molecular flexibility index (Phi) is 6.97. The van der Waals surface area contributed by atoms with Crippen molar-refractivity contribution < 1.29 is 4.39 Å². The molecule has 1 fully saturated rings. The maximum absolute atomic E-state index is 13.5. The summed E-state index contributed by atoms with van der Waals surface area (Å²) in [6.45, 7) is 4.74. The molecule has 2 aromatic carbocycles. The molecule has 9 nitrogen and oxygen atoms in total. The Labute approximate surface area is 228 Å². The van der Waals surface area contributed by atoms with Crippen molar-refractivity contribution in [1.29, 1.82) is 0 Å². The molecule has 0 saturated carbocycles. The van der Waals surface area contributed by atoms with Crippen molar-refractivity contribution >= 4 is 51.7 Å². The van der Waals surface area contributed by atoms with E-state index in [2.05, 4.69) is 15.1 Å². The van der Waals surface area contributed by atoms with Crippen LogP contribution in [0.2, 0.25) is 5.02 Å². The van der Waals surface area contributed by atoms with Crippen LogP contribution in [0.25, 0.3) is 11.2 Å². The molecule has 12 heteroatoms. The molecular formula is C26H27ClFN7O2S. The first-order valence-electron chi connectivity index (χ1n) is 12.1. The van der Waals surface area contributed by atoms with Gasteiger partial charge >= 0.3 is 5.69 Å². The Hall–Kier alpha value is -3.70. The van der Waals surface area contributed by atoms with Crippen LogP contribution in [0.4, 0.5) is 16.0 Å². The maximum atomic E-state index is 13.5. The highest BCUT2D eigenvalue weighted by atomic mass is 35.5. The van der Waals surface area contributed by atoms with Gasteiger partial charge in [-0.15, -0.1) is 0 Å². The average Bonchev–Trinajstić information content (AvgIpc) is 3.28. The van der Waals surface area contributed by atoms with Gasteiger partial charge in [0.2, 0.25) is 5.95 Å². The first-order chi connectivity index (χ1) is 18.1. The number of aryl methyl sites for hydroxylation is 2. The lowest BCUT2D eigenvalue weighted by molar-refractivity contribution is 0.386. The highest BCUT2D eigenvalue weighted by molar-refractivity contribution is 7.80. The smallest absolute Gasteiger partial charge is 0.332 e. The minimum Gasteiger partial charge on any atom is -0.345 e. The normalized spacial score (nSPS) is 13.8. The molecule has 0 radical (unpaired) electrons. The van der Waals surface area contributed by atoms with Crippen molar-refractivity contribution in [2.75, 3.05) is 36.4 Å². The number of nitrogens with one attached hydrogen (secondary N) is 1. The Bertz CT molecular complexity index is 1650. The Morgan fingerprint density at radius 3 is 2.39 bits per heavy atom. The monoisotopic (exact) mass is 555 g/mol. The molecule has 0 bridgehead atoms. The number of hydrogen-bond donors (Lipinski definition) is 1. The van der Waals surface area contributed by atoms with Crippen LogP contribution in [0.5, 0.6) is 0 Å². The molecule has 0 spiro atoms. The molecule has 4 aromatic rings. The number of halogens is 2. The second-order valence-electron chi connectivity index (χ2n) is 9.37. The number of hydrogen-bond acceptors (Lipinski definition) is 5. The van der Waals surface area contributed by atoms with E-state index in [-0.39, 0.29) is 5.82 Å². The Balaban J connectivity index is 1.44. The molecule has 0 unspecified atom stereocenters. The van der Waals surface area contributed by atoms with Crippen molar-refractivity contribution in [3.05, 3.63) is 85.3 Å². The predicted octanol–water partition coefficient (Wildman–Crippen LogP) is 3.10. The third-order valence-electron chi connectivity index (χ3n) is 6.86. The summed E-state index contributed by atoms with van der Waals surface area (Å²) in [4.78, 5) is 34.7. The van der Waals surface area contributed by atoms with Gasteiger partial charge in [-0.3, -0.25) is 18.5 Å². The number of nitrogens with zero attached hydrogens (tertiary/aromatic N) is 6. The van der Waals surface area contributed by atoms with Crippen molar-refractivity contribution in [3.63, 3.8) is 0 Å². The van der Waals surface area contributed by atoms with Crippen LogP contribution in [-0.2, 0) is 20.6 Å². The van der Waals surface area contributed by atoms with Gasteiger partial charge in [-0.2, -0.15) is 4.98 Å². The van der Waals surface area contributed by atoms with Crippen molar-refractivity contribution in [3.8, 4) is 0 Å². The van der Waals surface area contributed by atoms with Crippen LogP contribution < -0.4 is 21.5 Å². The van der Waals surface area contributed by atoms with E-state index >= 15 is 0 Å². The fourth-order valence-corrected chi connectivity index (χ4v) is 5.19. The number of aromatic nitrogens is 4. The van der Waals surface area contributed by atoms with E-state index in [0.717, 1.165) is 21.4 Å². The zero-order chi connectivity index (χ0) is 27.1. The number of piperazine rings is 1. The zero-order valence-corrected chi connectivity index (χ0v) is 22.8. The maximum Gasteiger partial charge on any atom is 0.332 e. The van der Waals surface area contributed by atoms with E-state index in [1.807, 2.05) is 29.7 Å². The van der Waals surface area contributed by atoms with Crippen molar-refractivity contribution in [2.45, 2.75) is 13.5 Å². The minimum absolute atomic E-state index is 0.301.